The summed E-state index contributed by atoms with van der Waals surface area (Å²) in [5, 5.41) is 23.8. The van der Waals surface area contributed by atoms with Gasteiger partial charge in [-0.05, 0) is 78.1 Å². The zero-order valence-corrected chi connectivity index (χ0v) is 22.6. The lowest BCUT2D eigenvalue weighted by Crippen LogP contribution is -2.21. The molecule has 1 fully saturated rings. The summed E-state index contributed by atoms with van der Waals surface area (Å²) in [5.41, 5.74) is 3.12. The molecule has 41 heavy (non-hydrogen) atoms. The Balaban J connectivity index is 1.43. The van der Waals surface area contributed by atoms with E-state index in [4.69, 9.17) is 0 Å². The zero-order valence-electron chi connectivity index (χ0n) is 22.6. The second-order valence-electron chi connectivity index (χ2n) is 10.5. The molecule has 6 rings (SSSR count). The Bertz CT molecular complexity index is 1910. The maximum Gasteiger partial charge on any atom is 0.274 e. The molecule has 2 aromatic carbocycles. The molecule has 208 valence electrons. The Morgan fingerprint density at radius 2 is 1.90 bits per heavy atom. The van der Waals surface area contributed by atoms with Crippen LogP contribution in [0.25, 0.3) is 27.6 Å². The van der Waals surface area contributed by atoms with Gasteiger partial charge in [-0.2, -0.15) is 0 Å². The van der Waals surface area contributed by atoms with Crippen molar-refractivity contribution in [1.82, 2.24) is 14.1 Å². The zero-order chi connectivity index (χ0) is 28.8. The largest absolute Gasteiger partial charge is 0.392 e. The highest BCUT2D eigenvalue weighted by Crippen LogP contribution is 2.41. The van der Waals surface area contributed by atoms with Crippen LogP contribution >= 0.6 is 0 Å². The molecule has 1 aliphatic carbocycles. The van der Waals surface area contributed by atoms with E-state index in [9.17, 15) is 19.8 Å². The van der Waals surface area contributed by atoms with E-state index in [1.807, 2.05) is 6.07 Å². The van der Waals surface area contributed by atoms with Gasteiger partial charge in [-0.3, -0.25) is 14.2 Å². The highest BCUT2D eigenvalue weighted by atomic mass is 19.1. The number of halogens is 1. The Labute approximate surface area is 235 Å². The number of nitrogens with zero attached hydrogens (tertiary/aromatic N) is 3. The lowest BCUT2D eigenvalue weighted by atomic mass is 9.98. The van der Waals surface area contributed by atoms with E-state index in [-0.39, 0.29) is 16.6 Å². The molecule has 0 amide bonds. The Kier molecular flexibility index (Phi) is 6.76. The van der Waals surface area contributed by atoms with Crippen molar-refractivity contribution in [2.45, 2.75) is 38.4 Å². The Morgan fingerprint density at radius 3 is 2.59 bits per heavy atom. The van der Waals surface area contributed by atoms with Gasteiger partial charge >= 0.3 is 0 Å². The van der Waals surface area contributed by atoms with Crippen molar-refractivity contribution < 1.29 is 14.6 Å². The number of nitrogens with one attached hydrogen (secondary N) is 1. The normalized spacial score (nSPS) is 13.9. The van der Waals surface area contributed by atoms with Crippen molar-refractivity contribution in [3.8, 4) is 16.8 Å². The number of aryl methyl sites for hydroxylation is 1. The molecule has 1 aliphatic rings. The molecule has 1 unspecified atom stereocenters. The maximum atomic E-state index is 15.2. The van der Waals surface area contributed by atoms with Gasteiger partial charge in [0.25, 0.3) is 11.1 Å². The molecule has 3 heterocycles. The molecule has 3 N–H and O–H groups in total. The predicted octanol–water partition coefficient (Wildman–Crippen LogP) is 5.06. The maximum absolute atomic E-state index is 15.2. The Morgan fingerprint density at radius 1 is 1.10 bits per heavy atom. The minimum atomic E-state index is -0.663. The standard InChI is InChI=1S/C32H29FN4O4/c1-18(39)21-8-9-29(34-15-21)35-27-14-23(16-36(2)31(27)40)24-4-3-5-28(25(24)17-38)37-11-10-20-12-22(19-6-7-19)13-26(33)30(20)32(37)41/h3-5,8-16,18-19,38-39H,6-7,17H2,1-2H3,(H,34,35). The third kappa shape index (κ3) is 4.94. The number of pyridine rings is 3. The number of fused-ring (bicyclic) bond motifs is 1. The number of benzene rings is 2. The highest BCUT2D eigenvalue weighted by Gasteiger charge is 2.25. The van der Waals surface area contributed by atoms with Crippen LogP contribution in [-0.2, 0) is 13.7 Å². The summed E-state index contributed by atoms with van der Waals surface area (Å²) >= 11 is 0. The van der Waals surface area contributed by atoms with Crippen LogP contribution < -0.4 is 16.4 Å². The van der Waals surface area contributed by atoms with Crippen LogP contribution in [0, 0.1) is 5.82 Å². The lowest BCUT2D eigenvalue weighted by Gasteiger charge is -2.17. The van der Waals surface area contributed by atoms with E-state index in [0.29, 0.717) is 45.1 Å². The number of anilines is 2. The van der Waals surface area contributed by atoms with E-state index in [1.165, 1.54) is 21.4 Å². The van der Waals surface area contributed by atoms with Gasteiger partial charge in [0, 0.05) is 36.8 Å². The Hall–Kier alpha value is -4.60. The first-order valence-electron chi connectivity index (χ1n) is 13.4. The van der Waals surface area contributed by atoms with Crippen LogP contribution in [0.5, 0.6) is 0 Å². The van der Waals surface area contributed by atoms with Gasteiger partial charge in [0.1, 0.15) is 17.3 Å². The first kappa shape index (κ1) is 26.6. The molecular formula is C32H29FN4O4. The van der Waals surface area contributed by atoms with E-state index < -0.39 is 24.1 Å². The minimum absolute atomic E-state index is 0.00824. The fraction of sp³-hybridized carbons (Fsp3) is 0.219. The smallest absolute Gasteiger partial charge is 0.274 e. The van der Waals surface area contributed by atoms with Crippen LogP contribution in [-0.4, -0.2) is 24.3 Å². The fourth-order valence-electron chi connectivity index (χ4n) is 5.24. The minimum Gasteiger partial charge on any atom is -0.392 e. The summed E-state index contributed by atoms with van der Waals surface area (Å²) in [4.78, 5) is 30.8. The summed E-state index contributed by atoms with van der Waals surface area (Å²) in [6.45, 7) is 1.25. The van der Waals surface area contributed by atoms with Gasteiger partial charge in [0.05, 0.1) is 23.8 Å². The molecule has 0 spiro atoms. The number of aliphatic hydroxyl groups is 2. The van der Waals surface area contributed by atoms with Gasteiger partial charge in [0.15, 0.2) is 0 Å². The van der Waals surface area contributed by atoms with Crippen molar-refractivity contribution in [3.05, 3.63) is 116 Å². The van der Waals surface area contributed by atoms with Crippen LogP contribution in [0.3, 0.4) is 0 Å². The quantitative estimate of drug-likeness (QED) is 0.261. The van der Waals surface area contributed by atoms with Crippen molar-refractivity contribution >= 4 is 22.3 Å². The molecule has 0 radical (unpaired) electrons. The van der Waals surface area contributed by atoms with E-state index in [1.54, 1.807) is 68.8 Å². The number of hydrogen-bond acceptors (Lipinski definition) is 6. The third-order valence-electron chi connectivity index (χ3n) is 7.62. The monoisotopic (exact) mass is 552 g/mol. The molecule has 3 aromatic heterocycles. The second-order valence-corrected chi connectivity index (χ2v) is 10.5. The van der Waals surface area contributed by atoms with Crippen LogP contribution in [0.2, 0.25) is 0 Å². The van der Waals surface area contributed by atoms with Gasteiger partial charge < -0.3 is 20.1 Å². The molecule has 1 atom stereocenters. The summed E-state index contributed by atoms with van der Waals surface area (Å²) in [7, 11) is 1.62. The first-order chi connectivity index (χ1) is 19.7. The average Bonchev–Trinajstić information content (AvgIpc) is 3.81. The lowest BCUT2D eigenvalue weighted by molar-refractivity contribution is 0.199. The van der Waals surface area contributed by atoms with Crippen LogP contribution in [0.4, 0.5) is 15.9 Å². The molecule has 0 saturated heterocycles. The number of aliphatic hydroxyl groups excluding tert-OH is 2. The number of rotatable bonds is 7. The third-order valence-corrected chi connectivity index (χ3v) is 7.62. The molecule has 1 saturated carbocycles. The van der Waals surface area contributed by atoms with Crippen LogP contribution in [0.1, 0.15) is 48.5 Å². The van der Waals surface area contributed by atoms with E-state index in [0.717, 1.165) is 18.4 Å². The molecule has 0 aliphatic heterocycles. The van der Waals surface area contributed by atoms with Crippen molar-refractivity contribution in [1.29, 1.82) is 0 Å². The molecule has 9 heteroatoms. The molecule has 8 nitrogen and oxygen atoms in total. The predicted molar refractivity (Wildman–Crippen MR) is 156 cm³/mol. The molecule has 5 aromatic rings. The topological polar surface area (TPSA) is 109 Å². The summed E-state index contributed by atoms with van der Waals surface area (Å²) in [6, 6.07) is 15.4. The van der Waals surface area contributed by atoms with Gasteiger partial charge in [-0.15, -0.1) is 0 Å². The highest BCUT2D eigenvalue weighted by molar-refractivity contribution is 5.84. The van der Waals surface area contributed by atoms with Gasteiger partial charge in [0.2, 0.25) is 0 Å². The summed E-state index contributed by atoms with van der Waals surface area (Å²) in [5.74, 6) is 0.235. The average molecular weight is 553 g/mol. The van der Waals surface area contributed by atoms with Crippen LogP contribution in [0.15, 0.2) is 82.8 Å². The fourth-order valence-corrected chi connectivity index (χ4v) is 5.24. The van der Waals surface area contributed by atoms with Gasteiger partial charge in [-0.25, -0.2) is 9.37 Å². The van der Waals surface area contributed by atoms with E-state index in [2.05, 4.69) is 10.3 Å². The summed E-state index contributed by atoms with van der Waals surface area (Å²) in [6.07, 6.45) is 6.19. The number of hydrogen-bond donors (Lipinski definition) is 3. The summed E-state index contributed by atoms with van der Waals surface area (Å²) < 4.78 is 17.9. The number of aromatic nitrogens is 3. The molecular weight excluding hydrogens is 523 g/mol. The van der Waals surface area contributed by atoms with E-state index >= 15 is 4.39 Å². The molecule has 0 bridgehead atoms. The second kappa shape index (κ2) is 10.4. The SMILES string of the molecule is CC(O)c1ccc(Nc2cc(-c3cccc(-n4ccc5cc(C6CC6)cc(F)c5c4=O)c3CO)cn(C)c2=O)nc1. The van der Waals surface area contributed by atoms with Gasteiger partial charge in [-0.1, -0.05) is 24.3 Å². The van der Waals surface area contributed by atoms with Crippen molar-refractivity contribution in [2.75, 3.05) is 5.32 Å². The first-order valence-corrected chi connectivity index (χ1v) is 13.4. The van der Waals surface area contributed by atoms with Crippen molar-refractivity contribution in [2.24, 2.45) is 7.05 Å². The van der Waals surface area contributed by atoms with Crippen molar-refractivity contribution in [3.63, 3.8) is 0 Å².